The topological polar surface area (TPSA) is 50.8 Å². The van der Waals surface area contributed by atoms with Gasteiger partial charge in [-0.15, -0.1) is 0 Å². The second-order valence-corrected chi connectivity index (χ2v) is 5.94. The average molecular weight is 320 g/mol. The minimum Gasteiger partial charge on any atom is -0.382 e. The van der Waals surface area contributed by atoms with E-state index in [2.05, 4.69) is 22.3 Å². The zero-order valence-electron chi connectivity index (χ0n) is 14.0. The molecule has 5 heteroatoms. The molecule has 0 bridgehead atoms. The maximum absolute atomic E-state index is 12.1. The first-order valence-corrected chi connectivity index (χ1v) is 8.43. The summed E-state index contributed by atoms with van der Waals surface area (Å²) >= 11 is 0. The van der Waals surface area contributed by atoms with Crippen LogP contribution in [0.1, 0.15) is 30.9 Å². The summed E-state index contributed by atoms with van der Waals surface area (Å²) in [6.45, 7) is 4.10. The highest BCUT2D eigenvalue weighted by molar-refractivity contribution is 5.77. The first-order chi connectivity index (χ1) is 11.3. The van der Waals surface area contributed by atoms with Crippen LogP contribution in [0.25, 0.3) is 0 Å². The molecular formula is C18H28N2O3. The summed E-state index contributed by atoms with van der Waals surface area (Å²) in [6, 6.07) is 10.2. The zero-order chi connectivity index (χ0) is 16.3. The van der Waals surface area contributed by atoms with Crippen LogP contribution in [0.4, 0.5) is 0 Å². The lowest BCUT2D eigenvalue weighted by Crippen LogP contribution is -2.41. The van der Waals surface area contributed by atoms with Crippen molar-refractivity contribution < 1.29 is 14.3 Å². The lowest BCUT2D eigenvalue weighted by molar-refractivity contribution is -0.127. The van der Waals surface area contributed by atoms with E-state index in [1.165, 1.54) is 19.3 Å². The van der Waals surface area contributed by atoms with Crippen LogP contribution in [0.3, 0.4) is 0 Å². The highest BCUT2D eigenvalue weighted by Crippen LogP contribution is 2.17. The Bertz CT molecular complexity index is 447. The normalized spacial score (nSPS) is 16.9. The zero-order valence-corrected chi connectivity index (χ0v) is 14.0. The van der Waals surface area contributed by atoms with Gasteiger partial charge in [-0.25, -0.2) is 0 Å². The molecule has 1 atom stereocenters. The molecule has 1 aliphatic rings. The van der Waals surface area contributed by atoms with Crippen LogP contribution in [0.15, 0.2) is 30.3 Å². The van der Waals surface area contributed by atoms with Gasteiger partial charge in [-0.3, -0.25) is 4.79 Å². The molecular weight excluding hydrogens is 292 g/mol. The standard InChI is InChI=1S/C18H28N2O3/c1-22-12-13-23-15-18(21)19-17(16-8-4-2-5-9-16)14-20-10-6-3-7-11-20/h2,4-5,8-9,17H,3,6-7,10-15H2,1H3,(H,19,21)/t17-/m0/s1. The van der Waals surface area contributed by atoms with Crippen molar-refractivity contribution in [2.45, 2.75) is 25.3 Å². The Morgan fingerprint density at radius 3 is 2.61 bits per heavy atom. The number of amides is 1. The van der Waals surface area contributed by atoms with E-state index in [0.717, 1.165) is 25.2 Å². The Labute approximate surface area is 139 Å². The number of hydrogen-bond donors (Lipinski definition) is 1. The summed E-state index contributed by atoms with van der Waals surface area (Å²) in [6.07, 6.45) is 3.80. The number of hydrogen-bond acceptors (Lipinski definition) is 4. The summed E-state index contributed by atoms with van der Waals surface area (Å²) < 4.78 is 10.2. The van der Waals surface area contributed by atoms with Crippen molar-refractivity contribution in [3.8, 4) is 0 Å². The molecule has 1 N–H and O–H groups in total. The largest absolute Gasteiger partial charge is 0.382 e. The number of nitrogens with one attached hydrogen (secondary N) is 1. The molecule has 0 radical (unpaired) electrons. The quantitative estimate of drug-likeness (QED) is 0.707. The third kappa shape index (κ3) is 6.69. The third-order valence-corrected chi connectivity index (χ3v) is 4.09. The van der Waals surface area contributed by atoms with Gasteiger partial charge in [-0.1, -0.05) is 36.8 Å². The van der Waals surface area contributed by atoms with Gasteiger partial charge in [-0.05, 0) is 31.5 Å². The number of ether oxygens (including phenoxy) is 2. The van der Waals surface area contributed by atoms with Crippen molar-refractivity contribution in [1.29, 1.82) is 0 Å². The van der Waals surface area contributed by atoms with E-state index in [1.807, 2.05) is 18.2 Å². The van der Waals surface area contributed by atoms with Gasteiger partial charge in [0.15, 0.2) is 0 Å². The molecule has 0 unspecified atom stereocenters. The van der Waals surface area contributed by atoms with E-state index in [-0.39, 0.29) is 18.6 Å². The van der Waals surface area contributed by atoms with Crippen LogP contribution in [-0.4, -0.2) is 57.4 Å². The molecule has 1 aromatic carbocycles. The smallest absolute Gasteiger partial charge is 0.246 e. The molecule has 0 aromatic heterocycles. The number of likely N-dealkylation sites (tertiary alicyclic amines) is 1. The van der Waals surface area contributed by atoms with E-state index in [0.29, 0.717) is 13.2 Å². The number of carbonyl (C=O) groups excluding carboxylic acids is 1. The fraction of sp³-hybridized carbons (Fsp3) is 0.611. The highest BCUT2D eigenvalue weighted by atomic mass is 16.5. The van der Waals surface area contributed by atoms with Crippen molar-refractivity contribution in [2.75, 3.05) is 46.6 Å². The fourth-order valence-electron chi connectivity index (χ4n) is 2.86. The molecule has 1 aromatic rings. The number of carbonyl (C=O) groups is 1. The van der Waals surface area contributed by atoms with E-state index < -0.39 is 0 Å². The van der Waals surface area contributed by atoms with Gasteiger partial charge < -0.3 is 19.7 Å². The molecule has 1 amide bonds. The Kier molecular flexibility index (Phi) is 8.07. The predicted molar refractivity (Wildman–Crippen MR) is 90.3 cm³/mol. The number of nitrogens with zero attached hydrogens (tertiary/aromatic N) is 1. The van der Waals surface area contributed by atoms with Crippen molar-refractivity contribution in [2.24, 2.45) is 0 Å². The van der Waals surface area contributed by atoms with Crippen LogP contribution >= 0.6 is 0 Å². The van der Waals surface area contributed by atoms with Gasteiger partial charge in [0.1, 0.15) is 6.61 Å². The second-order valence-electron chi connectivity index (χ2n) is 5.94. The van der Waals surface area contributed by atoms with Crippen LogP contribution in [-0.2, 0) is 14.3 Å². The van der Waals surface area contributed by atoms with E-state index in [4.69, 9.17) is 9.47 Å². The SMILES string of the molecule is COCCOCC(=O)N[C@@H](CN1CCCCC1)c1ccccc1. The number of rotatable bonds is 9. The van der Waals surface area contributed by atoms with E-state index in [1.54, 1.807) is 7.11 Å². The summed E-state index contributed by atoms with van der Waals surface area (Å²) in [4.78, 5) is 14.6. The average Bonchev–Trinajstić information content (AvgIpc) is 2.60. The maximum Gasteiger partial charge on any atom is 0.246 e. The van der Waals surface area contributed by atoms with Crippen molar-refractivity contribution >= 4 is 5.91 Å². The minimum absolute atomic E-state index is 0.00725. The Balaban J connectivity index is 1.89. The molecule has 1 heterocycles. The molecule has 1 fully saturated rings. The lowest BCUT2D eigenvalue weighted by atomic mass is 10.0. The Hall–Kier alpha value is -1.43. The van der Waals surface area contributed by atoms with Crippen LogP contribution in [0, 0.1) is 0 Å². The minimum atomic E-state index is -0.0769. The lowest BCUT2D eigenvalue weighted by Gasteiger charge is -2.31. The third-order valence-electron chi connectivity index (χ3n) is 4.09. The van der Waals surface area contributed by atoms with Gasteiger partial charge >= 0.3 is 0 Å². The van der Waals surface area contributed by atoms with Crippen LogP contribution < -0.4 is 5.32 Å². The molecule has 1 saturated heterocycles. The van der Waals surface area contributed by atoms with Gasteiger partial charge in [0, 0.05) is 13.7 Å². The van der Waals surface area contributed by atoms with Gasteiger partial charge in [0.2, 0.25) is 5.91 Å². The maximum atomic E-state index is 12.1. The van der Waals surface area contributed by atoms with Crippen LogP contribution in [0.5, 0.6) is 0 Å². The predicted octanol–water partition coefficient (Wildman–Crippen LogP) is 1.99. The van der Waals surface area contributed by atoms with Crippen LogP contribution in [0.2, 0.25) is 0 Å². The van der Waals surface area contributed by atoms with Crippen molar-refractivity contribution in [3.05, 3.63) is 35.9 Å². The number of benzene rings is 1. The molecule has 2 rings (SSSR count). The molecule has 0 saturated carbocycles. The number of piperidine rings is 1. The molecule has 0 aliphatic carbocycles. The van der Waals surface area contributed by atoms with Gasteiger partial charge in [0.05, 0.1) is 19.3 Å². The monoisotopic (exact) mass is 320 g/mol. The first-order valence-electron chi connectivity index (χ1n) is 8.43. The van der Waals surface area contributed by atoms with E-state index >= 15 is 0 Å². The highest BCUT2D eigenvalue weighted by Gasteiger charge is 2.19. The molecule has 5 nitrogen and oxygen atoms in total. The molecule has 0 spiro atoms. The van der Waals surface area contributed by atoms with Gasteiger partial charge in [0.25, 0.3) is 0 Å². The van der Waals surface area contributed by atoms with Gasteiger partial charge in [-0.2, -0.15) is 0 Å². The summed E-state index contributed by atoms with van der Waals surface area (Å²) in [5.41, 5.74) is 1.14. The van der Waals surface area contributed by atoms with Crippen molar-refractivity contribution in [3.63, 3.8) is 0 Å². The summed E-state index contributed by atoms with van der Waals surface area (Å²) in [5.74, 6) is -0.0769. The molecule has 128 valence electrons. The summed E-state index contributed by atoms with van der Waals surface area (Å²) in [7, 11) is 1.62. The molecule has 1 aliphatic heterocycles. The number of methoxy groups -OCH3 is 1. The first kappa shape index (κ1) is 17.9. The Morgan fingerprint density at radius 2 is 1.91 bits per heavy atom. The van der Waals surface area contributed by atoms with E-state index in [9.17, 15) is 4.79 Å². The second kappa shape index (κ2) is 10.4. The molecule has 23 heavy (non-hydrogen) atoms. The Morgan fingerprint density at radius 1 is 1.17 bits per heavy atom. The summed E-state index contributed by atoms with van der Waals surface area (Å²) in [5, 5.41) is 3.11. The van der Waals surface area contributed by atoms with Crippen molar-refractivity contribution in [1.82, 2.24) is 10.2 Å². The fourth-order valence-corrected chi connectivity index (χ4v) is 2.86.